The molecule has 0 bridgehead atoms. The van der Waals surface area contributed by atoms with E-state index < -0.39 is 0 Å². The fourth-order valence-electron chi connectivity index (χ4n) is 1.31. The molecule has 0 spiro atoms. The zero-order chi connectivity index (χ0) is 15.1. The molecule has 0 aliphatic carbocycles. The van der Waals surface area contributed by atoms with Gasteiger partial charge in [-0.25, -0.2) is 0 Å². The Labute approximate surface area is 148 Å². The molecule has 0 fully saturated rings. The molecule has 0 atom stereocenters. The van der Waals surface area contributed by atoms with E-state index in [0.717, 1.165) is 11.5 Å². The van der Waals surface area contributed by atoms with Crippen LogP contribution in [-0.4, -0.2) is 14.2 Å². The quantitative estimate of drug-likeness (QED) is 0.478. The molecular weight excluding hydrogens is 358 g/mol. The number of nitrogens with two attached hydrogens (primary N) is 2. The van der Waals surface area contributed by atoms with Crippen molar-refractivity contribution < 1.29 is 29.0 Å². The molecule has 2 rings (SSSR count). The Morgan fingerprint density at radius 3 is 1.33 bits per heavy atom. The van der Waals surface area contributed by atoms with Crippen LogP contribution in [0.15, 0.2) is 46.2 Å². The number of methoxy groups -OCH3 is 2. The maximum atomic E-state index is 5.51. The van der Waals surface area contributed by atoms with Crippen molar-refractivity contribution in [2.75, 3.05) is 25.7 Å². The van der Waals surface area contributed by atoms with Gasteiger partial charge in [0.2, 0.25) is 0 Å². The Balaban J connectivity index is 0.000000364. The third kappa shape index (κ3) is 6.33. The number of benzene rings is 2. The van der Waals surface area contributed by atoms with Crippen LogP contribution in [0.4, 0.5) is 11.4 Å². The number of ether oxygens (including phenoxy) is 2. The summed E-state index contributed by atoms with van der Waals surface area (Å²) in [4.78, 5) is 1.33. The molecule has 7 heteroatoms. The van der Waals surface area contributed by atoms with Crippen LogP contribution in [-0.2, 0) is 44.7 Å². The van der Waals surface area contributed by atoms with Gasteiger partial charge in [0, 0.05) is 23.5 Å². The van der Waals surface area contributed by atoms with Crippen LogP contribution in [0, 0.1) is 0 Å². The fraction of sp³-hybridized carbons (Fsp3) is 0.143. The summed E-state index contributed by atoms with van der Waals surface area (Å²) in [6.45, 7) is 0. The maximum absolute atomic E-state index is 5.51. The summed E-state index contributed by atoms with van der Waals surface area (Å²) < 4.78 is 9.85. The molecule has 0 aliphatic heterocycles. The molecule has 0 amide bonds. The van der Waals surface area contributed by atoms with Gasteiger partial charge in [-0.15, -0.1) is 0 Å². The third-order valence-corrected chi connectivity index (χ3v) is 3.18. The first-order valence-electron chi connectivity index (χ1n) is 5.69. The van der Waals surface area contributed by atoms with E-state index in [-0.39, 0.29) is 19.5 Å². The third-order valence-electron chi connectivity index (χ3n) is 2.43. The second-order valence-corrected chi connectivity index (χ2v) is 4.69. The predicted molar refractivity (Wildman–Crippen MR) is 86.1 cm³/mol. The summed E-state index contributed by atoms with van der Waals surface area (Å²) in [7, 11) is 3.19. The van der Waals surface area contributed by atoms with Gasteiger partial charge in [-0.1, -0.05) is 12.1 Å². The minimum absolute atomic E-state index is 0. The van der Waals surface area contributed by atoms with Gasteiger partial charge in [0.1, 0.15) is 11.5 Å². The zero-order valence-electron chi connectivity index (χ0n) is 12.0. The first-order valence-corrected chi connectivity index (χ1v) is 6.50. The summed E-state index contributed by atoms with van der Waals surface area (Å²) in [5, 5.41) is 0. The summed E-state index contributed by atoms with van der Waals surface area (Å²) in [6.07, 6.45) is 0. The minimum atomic E-state index is 0. The van der Waals surface area contributed by atoms with Gasteiger partial charge >= 0.3 is 19.5 Å². The predicted octanol–water partition coefficient (Wildman–Crippen LogP) is 2.36. The largest absolute Gasteiger partial charge is 2.00 e. The monoisotopic (exact) mass is 372 g/mol. The van der Waals surface area contributed by atoms with Crippen molar-refractivity contribution in [1.29, 1.82) is 0 Å². The average molecular weight is 374 g/mol. The Morgan fingerprint density at radius 1 is 0.762 bits per heavy atom. The molecule has 0 aromatic heterocycles. The van der Waals surface area contributed by atoms with E-state index in [1.165, 1.54) is 0 Å². The molecule has 0 unspecified atom stereocenters. The van der Waals surface area contributed by atoms with Crippen LogP contribution in [0.5, 0.6) is 11.5 Å². The molecule has 4 nitrogen and oxygen atoms in total. The SMILES string of the molecule is COc1ccc([S-])c(N)c1.COc1ccc([S-])c(N)c1.[Zn+2]. The fourth-order valence-corrected chi connectivity index (χ4v) is 1.56. The molecular formula is C14H16N2O2S2Zn. The number of hydrogen-bond acceptors (Lipinski definition) is 6. The van der Waals surface area contributed by atoms with Crippen molar-refractivity contribution in [3.05, 3.63) is 36.4 Å². The van der Waals surface area contributed by atoms with Crippen LogP contribution < -0.4 is 20.9 Å². The van der Waals surface area contributed by atoms with E-state index in [4.69, 9.17) is 46.2 Å². The van der Waals surface area contributed by atoms with E-state index in [2.05, 4.69) is 0 Å². The molecule has 108 valence electrons. The van der Waals surface area contributed by atoms with E-state index >= 15 is 0 Å². The molecule has 0 aliphatic rings. The number of nitrogen functional groups attached to an aromatic ring is 2. The normalized spacial score (nSPS) is 8.86. The molecule has 2 aromatic rings. The van der Waals surface area contributed by atoms with Crippen molar-refractivity contribution in [2.45, 2.75) is 9.79 Å². The van der Waals surface area contributed by atoms with Gasteiger partial charge in [-0.05, 0) is 12.1 Å². The van der Waals surface area contributed by atoms with Crippen molar-refractivity contribution in [3.8, 4) is 11.5 Å². The second-order valence-electron chi connectivity index (χ2n) is 3.81. The summed E-state index contributed by atoms with van der Waals surface area (Å²) in [6, 6.07) is 10.5. The second kappa shape index (κ2) is 9.61. The Hall–Kier alpha value is -1.30. The molecule has 4 N–H and O–H groups in total. The van der Waals surface area contributed by atoms with Crippen LogP contribution in [0.2, 0.25) is 0 Å². The Kier molecular flexibility index (Phi) is 9.01. The van der Waals surface area contributed by atoms with Gasteiger partial charge in [0.25, 0.3) is 0 Å². The van der Waals surface area contributed by atoms with Crippen molar-refractivity contribution in [1.82, 2.24) is 0 Å². The van der Waals surface area contributed by atoms with Crippen molar-refractivity contribution >= 4 is 36.6 Å². The van der Waals surface area contributed by atoms with Crippen molar-refractivity contribution in [3.63, 3.8) is 0 Å². The number of rotatable bonds is 2. The van der Waals surface area contributed by atoms with Gasteiger partial charge in [0.05, 0.1) is 14.2 Å². The zero-order valence-corrected chi connectivity index (χ0v) is 16.6. The summed E-state index contributed by atoms with van der Waals surface area (Å²) in [5.74, 6) is 1.48. The molecule has 0 radical (unpaired) electrons. The maximum Gasteiger partial charge on any atom is 2.00 e. The molecule has 0 saturated heterocycles. The van der Waals surface area contributed by atoms with E-state index in [1.807, 2.05) is 0 Å². The van der Waals surface area contributed by atoms with Gasteiger partial charge < -0.3 is 46.2 Å². The summed E-state index contributed by atoms with van der Waals surface area (Å²) in [5.41, 5.74) is 12.2. The molecule has 0 heterocycles. The topological polar surface area (TPSA) is 70.5 Å². The smallest absolute Gasteiger partial charge is 0.778 e. The number of hydrogen-bond donors (Lipinski definition) is 2. The Bertz CT molecular complexity index is 531. The van der Waals surface area contributed by atoms with Crippen LogP contribution >= 0.6 is 0 Å². The molecule has 0 saturated carbocycles. The number of anilines is 2. The van der Waals surface area contributed by atoms with E-state index in [9.17, 15) is 0 Å². The van der Waals surface area contributed by atoms with E-state index in [0.29, 0.717) is 21.2 Å². The first kappa shape index (κ1) is 19.7. The molecule has 2 aromatic carbocycles. The van der Waals surface area contributed by atoms with Gasteiger partial charge in [-0.2, -0.15) is 9.79 Å². The first-order chi connectivity index (χ1) is 9.47. The minimum Gasteiger partial charge on any atom is -0.778 e. The standard InChI is InChI=1S/2C7H9NOS.Zn/c2*1-9-5-2-3-7(10)6(8)4-5;/h2*2-4,10H,8H2,1H3;/q;;+2/p-2. The average Bonchev–Trinajstić information content (AvgIpc) is 2.45. The van der Waals surface area contributed by atoms with Crippen LogP contribution in [0.1, 0.15) is 0 Å². The van der Waals surface area contributed by atoms with Gasteiger partial charge in [0.15, 0.2) is 0 Å². The van der Waals surface area contributed by atoms with Crippen LogP contribution in [0.25, 0.3) is 0 Å². The van der Waals surface area contributed by atoms with Crippen molar-refractivity contribution in [2.24, 2.45) is 0 Å². The van der Waals surface area contributed by atoms with E-state index in [1.54, 1.807) is 50.6 Å². The molecule has 21 heavy (non-hydrogen) atoms. The summed E-state index contributed by atoms with van der Waals surface area (Å²) >= 11 is 9.76. The van der Waals surface area contributed by atoms with Crippen LogP contribution in [0.3, 0.4) is 0 Å². The van der Waals surface area contributed by atoms with Gasteiger partial charge in [-0.3, -0.25) is 0 Å². The Morgan fingerprint density at radius 2 is 1.10 bits per heavy atom.